The highest BCUT2D eigenvalue weighted by molar-refractivity contribution is 4.78. The Morgan fingerprint density at radius 3 is 1.73 bits per heavy atom. The topological polar surface area (TPSA) is 6.48 Å². The van der Waals surface area contributed by atoms with Gasteiger partial charge >= 0.3 is 0 Å². The summed E-state index contributed by atoms with van der Waals surface area (Å²) in [7, 11) is 0. The lowest BCUT2D eigenvalue weighted by atomic mass is 10.3. The molecule has 2 nitrogen and oxygen atoms in total. The standard InChI is InChI=1S/C9H20N2/c1-4-9-10(5-2)7-8-11(9)6-3/h9H,4-8H2,1-3H3. The molecular weight excluding hydrogens is 136 g/mol. The maximum atomic E-state index is 2.56. The molecule has 0 aromatic heterocycles. The molecule has 0 aromatic carbocycles. The molecule has 0 atom stereocenters. The van der Waals surface area contributed by atoms with Crippen LogP contribution in [0.25, 0.3) is 0 Å². The quantitative estimate of drug-likeness (QED) is 0.609. The number of hydrogen-bond donors (Lipinski definition) is 0. The summed E-state index contributed by atoms with van der Waals surface area (Å²) in [6.07, 6.45) is 1.99. The molecule has 1 saturated heterocycles. The summed E-state index contributed by atoms with van der Waals surface area (Å²) in [5.74, 6) is 0. The smallest absolute Gasteiger partial charge is 0.0620 e. The maximum Gasteiger partial charge on any atom is 0.0620 e. The lowest BCUT2D eigenvalue weighted by Crippen LogP contribution is -2.37. The highest BCUT2D eigenvalue weighted by atomic mass is 15.4. The van der Waals surface area contributed by atoms with Gasteiger partial charge in [-0.05, 0) is 19.5 Å². The summed E-state index contributed by atoms with van der Waals surface area (Å²) < 4.78 is 0. The maximum absolute atomic E-state index is 2.56. The number of rotatable bonds is 3. The van der Waals surface area contributed by atoms with E-state index >= 15 is 0 Å². The number of hydrogen-bond acceptors (Lipinski definition) is 2. The Kier molecular flexibility index (Phi) is 3.34. The SMILES string of the molecule is CCC1N(CC)CCN1CC. The molecule has 0 bridgehead atoms. The van der Waals surface area contributed by atoms with Crippen molar-refractivity contribution in [1.29, 1.82) is 0 Å². The minimum absolute atomic E-state index is 0.727. The van der Waals surface area contributed by atoms with E-state index in [4.69, 9.17) is 0 Å². The van der Waals surface area contributed by atoms with Crippen molar-refractivity contribution in [1.82, 2.24) is 9.80 Å². The largest absolute Gasteiger partial charge is 0.287 e. The molecule has 0 unspecified atom stereocenters. The lowest BCUT2D eigenvalue weighted by Gasteiger charge is -2.27. The van der Waals surface area contributed by atoms with Crippen LogP contribution in [0.1, 0.15) is 27.2 Å². The zero-order valence-electron chi connectivity index (χ0n) is 8.01. The summed E-state index contributed by atoms with van der Waals surface area (Å²) in [5, 5.41) is 0. The Morgan fingerprint density at radius 1 is 1.00 bits per heavy atom. The van der Waals surface area contributed by atoms with Gasteiger partial charge in [-0.15, -0.1) is 0 Å². The fourth-order valence-corrected chi connectivity index (χ4v) is 2.04. The first-order valence-corrected chi connectivity index (χ1v) is 4.81. The summed E-state index contributed by atoms with van der Waals surface area (Å²) in [5.41, 5.74) is 0. The van der Waals surface area contributed by atoms with Crippen molar-refractivity contribution in [3.8, 4) is 0 Å². The van der Waals surface area contributed by atoms with Gasteiger partial charge in [0, 0.05) is 13.1 Å². The van der Waals surface area contributed by atoms with Gasteiger partial charge in [0.05, 0.1) is 6.17 Å². The van der Waals surface area contributed by atoms with Crippen LogP contribution >= 0.6 is 0 Å². The minimum Gasteiger partial charge on any atom is -0.287 e. The first-order valence-electron chi connectivity index (χ1n) is 4.81. The van der Waals surface area contributed by atoms with Gasteiger partial charge in [0.25, 0.3) is 0 Å². The fourth-order valence-electron chi connectivity index (χ4n) is 2.04. The molecule has 0 spiro atoms. The Morgan fingerprint density at radius 2 is 1.45 bits per heavy atom. The predicted molar refractivity (Wildman–Crippen MR) is 48.6 cm³/mol. The van der Waals surface area contributed by atoms with Crippen molar-refractivity contribution >= 4 is 0 Å². The molecule has 0 radical (unpaired) electrons. The van der Waals surface area contributed by atoms with Gasteiger partial charge in [-0.1, -0.05) is 20.8 Å². The lowest BCUT2D eigenvalue weighted by molar-refractivity contribution is 0.142. The molecule has 1 fully saturated rings. The molecule has 0 N–H and O–H groups in total. The highest BCUT2D eigenvalue weighted by Crippen LogP contribution is 2.15. The van der Waals surface area contributed by atoms with Crippen molar-refractivity contribution < 1.29 is 0 Å². The summed E-state index contributed by atoms with van der Waals surface area (Å²) in [4.78, 5) is 5.12. The van der Waals surface area contributed by atoms with E-state index < -0.39 is 0 Å². The normalized spacial score (nSPS) is 23.2. The van der Waals surface area contributed by atoms with Gasteiger partial charge in [-0.2, -0.15) is 0 Å². The summed E-state index contributed by atoms with van der Waals surface area (Å²) >= 11 is 0. The molecule has 2 heteroatoms. The van der Waals surface area contributed by atoms with Crippen molar-refractivity contribution in [2.45, 2.75) is 33.4 Å². The molecular formula is C9H20N2. The van der Waals surface area contributed by atoms with Crippen LogP contribution in [0.4, 0.5) is 0 Å². The first kappa shape index (κ1) is 9.01. The molecule has 1 aliphatic rings. The van der Waals surface area contributed by atoms with E-state index in [-0.39, 0.29) is 0 Å². The highest BCUT2D eigenvalue weighted by Gasteiger charge is 2.27. The zero-order valence-corrected chi connectivity index (χ0v) is 8.01. The van der Waals surface area contributed by atoms with Crippen LogP contribution in [0.3, 0.4) is 0 Å². The molecule has 1 rings (SSSR count). The Hall–Kier alpha value is -0.0800. The first-order chi connectivity index (χ1) is 5.33. The Balaban J connectivity index is 2.48. The third-order valence-electron chi connectivity index (χ3n) is 2.69. The molecule has 0 saturated carbocycles. The Bertz CT molecular complexity index is 102. The molecule has 0 amide bonds. The van der Waals surface area contributed by atoms with E-state index in [1.165, 1.54) is 32.6 Å². The van der Waals surface area contributed by atoms with Crippen molar-refractivity contribution in [2.75, 3.05) is 26.2 Å². The van der Waals surface area contributed by atoms with Crippen LogP contribution in [0.5, 0.6) is 0 Å². The van der Waals surface area contributed by atoms with E-state index in [1.54, 1.807) is 0 Å². The van der Waals surface area contributed by atoms with Gasteiger partial charge in [0.2, 0.25) is 0 Å². The van der Waals surface area contributed by atoms with E-state index in [0.29, 0.717) is 0 Å². The summed E-state index contributed by atoms with van der Waals surface area (Å²) in [6.45, 7) is 11.7. The average molecular weight is 156 g/mol. The zero-order chi connectivity index (χ0) is 8.27. The molecule has 0 aliphatic carbocycles. The van der Waals surface area contributed by atoms with E-state index in [0.717, 1.165) is 6.17 Å². The monoisotopic (exact) mass is 156 g/mol. The third-order valence-corrected chi connectivity index (χ3v) is 2.69. The number of nitrogens with zero attached hydrogens (tertiary/aromatic N) is 2. The second-order valence-corrected chi connectivity index (χ2v) is 3.15. The van der Waals surface area contributed by atoms with Gasteiger partial charge in [-0.3, -0.25) is 9.80 Å². The van der Waals surface area contributed by atoms with Crippen molar-refractivity contribution in [2.24, 2.45) is 0 Å². The molecule has 66 valence electrons. The Labute approximate surface area is 70.2 Å². The molecule has 0 aromatic rings. The summed E-state index contributed by atoms with van der Waals surface area (Å²) in [6, 6.07) is 0. The van der Waals surface area contributed by atoms with Crippen LogP contribution in [0.15, 0.2) is 0 Å². The average Bonchev–Trinajstić information content (AvgIpc) is 2.45. The van der Waals surface area contributed by atoms with Crippen molar-refractivity contribution in [3.63, 3.8) is 0 Å². The van der Waals surface area contributed by atoms with Gasteiger partial charge in [-0.25, -0.2) is 0 Å². The van der Waals surface area contributed by atoms with E-state index in [1.807, 2.05) is 0 Å². The van der Waals surface area contributed by atoms with E-state index in [2.05, 4.69) is 30.6 Å². The van der Waals surface area contributed by atoms with Gasteiger partial charge in [0.15, 0.2) is 0 Å². The van der Waals surface area contributed by atoms with Crippen LogP contribution in [0.2, 0.25) is 0 Å². The minimum atomic E-state index is 0.727. The van der Waals surface area contributed by atoms with Crippen molar-refractivity contribution in [3.05, 3.63) is 0 Å². The molecule has 1 heterocycles. The van der Waals surface area contributed by atoms with E-state index in [9.17, 15) is 0 Å². The van der Waals surface area contributed by atoms with Gasteiger partial charge in [0.1, 0.15) is 0 Å². The van der Waals surface area contributed by atoms with Crippen LogP contribution in [-0.4, -0.2) is 42.1 Å². The predicted octanol–water partition coefficient (Wildman–Crippen LogP) is 1.38. The fraction of sp³-hybridized carbons (Fsp3) is 1.00. The van der Waals surface area contributed by atoms with Crippen LogP contribution < -0.4 is 0 Å². The van der Waals surface area contributed by atoms with Gasteiger partial charge < -0.3 is 0 Å². The van der Waals surface area contributed by atoms with Crippen LogP contribution in [0, 0.1) is 0 Å². The molecule has 11 heavy (non-hydrogen) atoms. The molecule has 1 aliphatic heterocycles. The van der Waals surface area contributed by atoms with Crippen LogP contribution in [-0.2, 0) is 0 Å². The third kappa shape index (κ3) is 1.74. The second kappa shape index (κ2) is 4.07. The second-order valence-electron chi connectivity index (χ2n) is 3.15. The number of likely N-dealkylation sites (N-methyl/N-ethyl adjacent to an activating group) is 2.